The molecule has 2 heterocycles. The molecule has 2 aliphatic heterocycles. The van der Waals surface area contributed by atoms with Gasteiger partial charge < -0.3 is 15.2 Å². The van der Waals surface area contributed by atoms with Crippen molar-refractivity contribution in [1.29, 1.82) is 0 Å². The zero-order chi connectivity index (χ0) is 18.2. The molecule has 0 bridgehead atoms. The second kappa shape index (κ2) is 9.46. The molecule has 2 saturated heterocycles. The van der Waals surface area contributed by atoms with Crippen LogP contribution in [0.4, 0.5) is 0 Å². The number of nitrogens with two attached hydrogens (primary N) is 1. The fraction of sp³-hybridized carbons (Fsp3) is 0.650. The largest absolute Gasteiger partial charge is 0.379 e. The highest BCUT2D eigenvalue weighted by Crippen LogP contribution is 2.32. The van der Waals surface area contributed by atoms with Crippen LogP contribution >= 0.6 is 0 Å². The topological polar surface area (TPSA) is 68.0 Å². The molecule has 0 atom stereocenters. The highest BCUT2D eigenvalue weighted by molar-refractivity contribution is 5.86. The Morgan fingerprint density at radius 3 is 1.77 bits per heavy atom. The Morgan fingerprint density at radius 2 is 1.35 bits per heavy atom. The van der Waals surface area contributed by atoms with Crippen molar-refractivity contribution in [2.24, 2.45) is 5.73 Å². The third-order valence-corrected chi connectivity index (χ3v) is 5.72. The van der Waals surface area contributed by atoms with E-state index in [1.807, 2.05) is 30.3 Å². The molecule has 6 nitrogen and oxygen atoms in total. The van der Waals surface area contributed by atoms with Gasteiger partial charge in [-0.25, -0.2) is 0 Å². The highest BCUT2D eigenvalue weighted by atomic mass is 16.5. The van der Waals surface area contributed by atoms with Crippen molar-refractivity contribution in [2.75, 3.05) is 65.7 Å². The van der Waals surface area contributed by atoms with Gasteiger partial charge in [0.05, 0.1) is 31.8 Å². The molecule has 0 radical (unpaired) electrons. The summed E-state index contributed by atoms with van der Waals surface area (Å²) >= 11 is 0. The van der Waals surface area contributed by atoms with E-state index in [9.17, 15) is 4.79 Å². The maximum absolute atomic E-state index is 12.7. The predicted octanol–water partition coefficient (Wildman–Crippen LogP) is 0.854. The summed E-state index contributed by atoms with van der Waals surface area (Å²) in [5.41, 5.74) is 6.42. The van der Waals surface area contributed by atoms with Crippen LogP contribution < -0.4 is 5.73 Å². The second-order valence-electron chi connectivity index (χ2n) is 7.22. The number of hydrogen-bond donors (Lipinski definition) is 1. The average molecular weight is 361 g/mol. The third-order valence-electron chi connectivity index (χ3n) is 5.72. The van der Waals surface area contributed by atoms with Gasteiger partial charge in [0.25, 0.3) is 0 Å². The van der Waals surface area contributed by atoms with Gasteiger partial charge in [-0.1, -0.05) is 30.3 Å². The number of benzene rings is 1. The maximum atomic E-state index is 12.7. The van der Waals surface area contributed by atoms with Gasteiger partial charge in [0.15, 0.2) is 0 Å². The standard InChI is InChI=1S/C20H31N3O3/c21-19(24)20(18-4-2-1-3-5-18,6-8-22-10-14-25-15-11-22)7-9-23-12-16-26-17-13-23/h1-5H,6-17H2,(H2,21,24). The SMILES string of the molecule is NC(=O)C(CCN1CCOCC1)(CCN1CCOCC1)c1ccccc1. The van der Waals surface area contributed by atoms with Crippen LogP contribution in [-0.4, -0.2) is 81.4 Å². The van der Waals surface area contributed by atoms with E-state index in [0.717, 1.165) is 84.1 Å². The first-order valence-corrected chi connectivity index (χ1v) is 9.66. The minimum atomic E-state index is -0.627. The Kier molecular flexibility index (Phi) is 7.02. The number of hydrogen-bond acceptors (Lipinski definition) is 5. The zero-order valence-corrected chi connectivity index (χ0v) is 15.6. The summed E-state index contributed by atoms with van der Waals surface area (Å²) in [5, 5.41) is 0. The normalized spacial score (nSPS) is 20.2. The van der Waals surface area contributed by atoms with E-state index in [-0.39, 0.29) is 5.91 Å². The number of amides is 1. The molecular formula is C20H31N3O3. The van der Waals surface area contributed by atoms with Gasteiger partial charge in [-0.15, -0.1) is 0 Å². The lowest BCUT2D eigenvalue weighted by Crippen LogP contribution is -2.48. The molecule has 1 aromatic carbocycles. The van der Waals surface area contributed by atoms with E-state index >= 15 is 0 Å². The van der Waals surface area contributed by atoms with Crippen LogP contribution in [0.2, 0.25) is 0 Å². The zero-order valence-electron chi connectivity index (χ0n) is 15.6. The molecule has 2 N–H and O–H groups in total. The number of carbonyl (C=O) groups excluding carboxylic acids is 1. The molecule has 0 spiro atoms. The number of rotatable bonds is 8. The smallest absolute Gasteiger partial charge is 0.228 e. The van der Waals surface area contributed by atoms with Gasteiger partial charge in [-0.3, -0.25) is 14.6 Å². The molecule has 1 amide bonds. The van der Waals surface area contributed by atoms with Crippen LogP contribution in [0, 0.1) is 0 Å². The molecule has 2 fully saturated rings. The summed E-state index contributed by atoms with van der Waals surface area (Å²) in [4.78, 5) is 17.5. The summed E-state index contributed by atoms with van der Waals surface area (Å²) in [6.45, 7) is 8.49. The monoisotopic (exact) mass is 361 g/mol. The summed E-state index contributed by atoms with van der Waals surface area (Å²) in [6, 6.07) is 10.1. The Hall–Kier alpha value is -1.47. The van der Waals surface area contributed by atoms with Gasteiger partial charge in [0.1, 0.15) is 0 Å². The van der Waals surface area contributed by atoms with E-state index in [0.29, 0.717) is 0 Å². The van der Waals surface area contributed by atoms with Gasteiger partial charge in [0.2, 0.25) is 5.91 Å². The van der Waals surface area contributed by atoms with Crippen LogP contribution in [0.3, 0.4) is 0 Å². The molecular weight excluding hydrogens is 330 g/mol. The first kappa shape index (κ1) is 19.3. The molecule has 0 aliphatic carbocycles. The Bertz CT molecular complexity index is 533. The van der Waals surface area contributed by atoms with Gasteiger partial charge in [0, 0.05) is 26.2 Å². The van der Waals surface area contributed by atoms with Crippen molar-refractivity contribution in [3.05, 3.63) is 35.9 Å². The maximum Gasteiger partial charge on any atom is 0.228 e. The predicted molar refractivity (Wildman–Crippen MR) is 101 cm³/mol. The quantitative estimate of drug-likeness (QED) is 0.744. The summed E-state index contributed by atoms with van der Waals surface area (Å²) < 4.78 is 10.9. The van der Waals surface area contributed by atoms with E-state index in [1.165, 1.54) is 0 Å². The molecule has 3 rings (SSSR count). The molecule has 0 saturated carbocycles. The lowest BCUT2D eigenvalue weighted by molar-refractivity contribution is -0.124. The minimum Gasteiger partial charge on any atom is -0.379 e. The first-order valence-electron chi connectivity index (χ1n) is 9.66. The number of ether oxygens (including phenoxy) is 2. The molecule has 0 unspecified atom stereocenters. The van der Waals surface area contributed by atoms with Gasteiger partial charge in [-0.2, -0.15) is 0 Å². The summed E-state index contributed by atoms with van der Waals surface area (Å²) in [6.07, 6.45) is 1.49. The fourth-order valence-electron chi connectivity index (χ4n) is 3.91. The molecule has 6 heteroatoms. The minimum absolute atomic E-state index is 0.217. The van der Waals surface area contributed by atoms with Crippen LogP contribution in [0.25, 0.3) is 0 Å². The van der Waals surface area contributed by atoms with Gasteiger partial charge in [-0.05, 0) is 31.5 Å². The first-order chi connectivity index (χ1) is 12.7. The van der Waals surface area contributed by atoms with Crippen LogP contribution in [0.1, 0.15) is 18.4 Å². The molecule has 0 aromatic heterocycles. The number of primary amides is 1. The van der Waals surface area contributed by atoms with E-state index in [1.54, 1.807) is 0 Å². The van der Waals surface area contributed by atoms with Crippen molar-refractivity contribution in [3.8, 4) is 0 Å². The Balaban J connectivity index is 1.74. The van der Waals surface area contributed by atoms with E-state index in [4.69, 9.17) is 15.2 Å². The molecule has 144 valence electrons. The summed E-state index contributed by atoms with van der Waals surface area (Å²) in [7, 11) is 0. The van der Waals surface area contributed by atoms with Gasteiger partial charge >= 0.3 is 0 Å². The van der Waals surface area contributed by atoms with Crippen LogP contribution in [0.5, 0.6) is 0 Å². The van der Waals surface area contributed by atoms with Crippen molar-refractivity contribution in [1.82, 2.24) is 9.80 Å². The fourth-order valence-corrected chi connectivity index (χ4v) is 3.91. The van der Waals surface area contributed by atoms with Crippen LogP contribution in [0.15, 0.2) is 30.3 Å². The lowest BCUT2D eigenvalue weighted by Gasteiger charge is -2.37. The molecule has 1 aromatic rings. The number of morpholine rings is 2. The van der Waals surface area contributed by atoms with Crippen molar-refractivity contribution in [3.63, 3.8) is 0 Å². The second-order valence-corrected chi connectivity index (χ2v) is 7.22. The third kappa shape index (κ3) is 4.82. The Morgan fingerprint density at radius 1 is 0.885 bits per heavy atom. The average Bonchev–Trinajstić information content (AvgIpc) is 2.70. The number of nitrogens with zero attached hydrogens (tertiary/aromatic N) is 2. The van der Waals surface area contributed by atoms with Crippen LogP contribution in [-0.2, 0) is 19.7 Å². The Labute approximate surface area is 156 Å². The highest BCUT2D eigenvalue weighted by Gasteiger charge is 2.39. The van der Waals surface area contributed by atoms with Crippen molar-refractivity contribution >= 4 is 5.91 Å². The van der Waals surface area contributed by atoms with Crippen molar-refractivity contribution < 1.29 is 14.3 Å². The lowest BCUT2D eigenvalue weighted by atomic mass is 9.73. The van der Waals surface area contributed by atoms with Crippen molar-refractivity contribution in [2.45, 2.75) is 18.3 Å². The van der Waals surface area contributed by atoms with E-state index < -0.39 is 5.41 Å². The molecule has 2 aliphatic rings. The van der Waals surface area contributed by atoms with E-state index in [2.05, 4.69) is 9.80 Å². The molecule has 26 heavy (non-hydrogen) atoms. The summed E-state index contributed by atoms with van der Waals surface area (Å²) in [5.74, 6) is -0.217. The number of carbonyl (C=O) groups is 1.